The van der Waals surface area contributed by atoms with Crippen LogP contribution in [0.25, 0.3) is 0 Å². The van der Waals surface area contributed by atoms with Crippen molar-refractivity contribution in [1.82, 2.24) is 0 Å². The summed E-state index contributed by atoms with van der Waals surface area (Å²) in [6.45, 7) is 7.37. The standard InChI is InChI=1S/C28H60N.H2O4S/c1-5-7-9-11-13-14-15-16-17-18-19-20-21-22-24-26-28-29(3,4)27-25-23-12-10-8-6-2;1-5(2,3)4/h5-28H2,1-4H3;(H2,1,2,3,4)/q+1;. The summed E-state index contributed by atoms with van der Waals surface area (Å²) in [5, 5.41) is 0. The molecule has 0 aromatic heterocycles. The average molecular weight is 509 g/mol. The minimum Gasteiger partial charge on any atom is -0.328 e. The van der Waals surface area contributed by atoms with Crippen molar-refractivity contribution in [3.8, 4) is 0 Å². The van der Waals surface area contributed by atoms with Crippen LogP contribution in [0.2, 0.25) is 0 Å². The fraction of sp³-hybridized carbons (Fsp3) is 1.00. The van der Waals surface area contributed by atoms with Crippen molar-refractivity contribution in [1.29, 1.82) is 0 Å². The third kappa shape index (κ3) is 39.1. The van der Waals surface area contributed by atoms with Crippen LogP contribution in [-0.2, 0) is 10.4 Å². The van der Waals surface area contributed by atoms with Crippen molar-refractivity contribution in [2.45, 2.75) is 155 Å². The van der Waals surface area contributed by atoms with Crippen LogP contribution in [0.15, 0.2) is 0 Å². The molecule has 0 saturated carbocycles. The number of hydrogen-bond donors (Lipinski definition) is 2. The van der Waals surface area contributed by atoms with Gasteiger partial charge in [0.15, 0.2) is 0 Å². The molecule has 0 aromatic rings. The van der Waals surface area contributed by atoms with Crippen LogP contribution in [0.3, 0.4) is 0 Å². The fourth-order valence-corrected chi connectivity index (χ4v) is 4.52. The molecule has 0 aliphatic heterocycles. The molecule has 0 amide bonds. The van der Waals surface area contributed by atoms with Gasteiger partial charge in [-0.05, 0) is 25.7 Å². The lowest BCUT2D eigenvalue weighted by molar-refractivity contribution is -0.890. The second kappa shape index (κ2) is 25.9. The van der Waals surface area contributed by atoms with Gasteiger partial charge in [-0.2, -0.15) is 8.42 Å². The summed E-state index contributed by atoms with van der Waals surface area (Å²) in [4.78, 5) is 0. The molecule has 5 nitrogen and oxygen atoms in total. The van der Waals surface area contributed by atoms with E-state index >= 15 is 0 Å². The molecule has 0 atom stereocenters. The SMILES string of the molecule is CCCCCCCCCCCCCCCCCC[N+](C)(C)CCCCCCCC.O=S(=O)(O)O. The molecule has 0 radical (unpaired) electrons. The first kappa shape index (κ1) is 36.0. The minimum atomic E-state index is -4.67. The van der Waals surface area contributed by atoms with Gasteiger partial charge in [0.25, 0.3) is 0 Å². The number of hydrogen-bond acceptors (Lipinski definition) is 2. The maximum absolute atomic E-state index is 8.74. The Balaban J connectivity index is 0. The zero-order valence-corrected chi connectivity index (χ0v) is 24.4. The van der Waals surface area contributed by atoms with E-state index in [1.165, 1.54) is 159 Å². The van der Waals surface area contributed by atoms with E-state index in [0.717, 1.165) is 0 Å². The molecule has 0 bridgehead atoms. The van der Waals surface area contributed by atoms with E-state index < -0.39 is 10.4 Å². The molecule has 6 heteroatoms. The maximum atomic E-state index is 8.74. The summed E-state index contributed by atoms with van der Waals surface area (Å²) >= 11 is 0. The lowest BCUT2D eigenvalue weighted by Crippen LogP contribution is -2.41. The highest BCUT2D eigenvalue weighted by atomic mass is 32.3. The Labute approximate surface area is 214 Å². The second-order valence-electron chi connectivity index (χ2n) is 10.9. The second-order valence-corrected chi connectivity index (χ2v) is 11.8. The Morgan fingerprint density at radius 3 is 0.824 bits per heavy atom. The maximum Gasteiger partial charge on any atom is 0.394 e. The highest BCUT2D eigenvalue weighted by Gasteiger charge is 2.13. The number of nitrogens with zero attached hydrogens (tertiary/aromatic N) is 1. The molecule has 0 rings (SSSR count). The summed E-state index contributed by atoms with van der Waals surface area (Å²) in [6.07, 6.45) is 32.0. The Bertz CT molecular complexity index is 487. The van der Waals surface area contributed by atoms with Crippen LogP contribution in [0.5, 0.6) is 0 Å². The van der Waals surface area contributed by atoms with Gasteiger partial charge in [0.05, 0.1) is 27.2 Å². The Kier molecular flexibility index (Phi) is 27.4. The average Bonchev–Trinajstić information content (AvgIpc) is 2.74. The number of unbranched alkanes of at least 4 members (excludes halogenated alkanes) is 20. The monoisotopic (exact) mass is 508 g/mol. The zero-order chi connectivity index (χ0) is 26.0. The minimum absolute atomic E-state index is 1.24. The molecule has 0 aliphatic rings. The van der Waals surface area contributed by atoms with Crippen LogP contribution >= 0.6 is 0 Å². The van der Waals surface area contributed by atoms with Crippen LogP contribution in [-0.4, -0.2) is 49.2 Å². The molecule has 0 saturated heterocycles. The van der Waals surface area contributed by atoms with Gasteiger partial charge in [-0.25, -0.2) is 0 Å². The van der Waals surface area contributed by atoms with Crippen molar-refractivity contribution in [2.75, 3.05) is 27.2 Å². The molecule has 0 aromatic carbocycles. The van der Waals surface area contributed by atoms with Crippen molar-refractivity contribution in [2.24, 2.45) is 0 Å². The summed E-state index contributed by atoms with van der Waals surface area (Å²) in [5.41, 5.74) is 0. The lowest BCUT2D eigenvalue weighted by Gasteiger charge is -2.30. The van der Waals surface area contributed by atoms with E-state index in [2.05, 4.69) is 27.9 Å². The highest BCUT2D eigenvalue weighted by Crippen LogP contribution is 2.14. The van der Waals surface area contributed by atoms with Crippen molar-refractivity contribution >= 4 is 10.4 Å². The molecule has 2 N–H and O–H groups in total. The van der Waals surface area contributed by atoms with Gasteiger partial charge in [-0.1, -0.05) is 129 Å². The Hall–Kier alpha value is -0.170. The van der Waals surface area contributed by atoms with Gasteiger partial charge in [-0.3, -0.25) is 9.11 Å². The van der Waals surface area contributed by atoms with Crippen molar-refractivity contribution < 1.29 is 22.0 Å². The zero-order valence-electron chi connectivity index (χ0n) is 23.5. The molecular weight excluding hydrogens is 446 g/mol. The topological polar surface area (TPSA) is 74.6 Å². The first-order chi connectivity index (χ1) is 16.1. The summed E-state index contributed by atoms with van der Waals surface area (Å²) < 4.78 is 32.8. The van der Waals surface area contributed by atoms with Gasteiger partial charge in [0.2, 0.25) is 0 Å². The van der Waals surface area contributed by atoms with Gasteiger partial charge in [0, 0.05) is 0 Å². The number of quaternary nitrogens is 1. The van der Waals surface area contributed by atoms with Crippen molar-refractivity contribution in [3.05, 3.63) is 0 Å². The van der Waals surface area contributed by atoms with E-state index in [-0.39, 0.29) is 0 Å². The van der Waals surface area contributed by atoms with Crippen molar-refractivity contribution in [3.63, 3.8) is 0 Å². The number of rotatable bonds is 24. The van der Waals surface area contributed by atoms with Crippen LogP contribution in [0.4, 0.5) is 0 Å². The smallest absolute Gasteiger partial charge is 0.328 e. The third-order valence-electron chi connectivity index (χ3n) is 6.73. The Morgan fingerprint density at radius 1 is 0.441 bits per heavy atom. The van der Waals surface area contributed by atoms with Crippen LogP contribution < -0.4 is 0 Å². The van der Waals surface area contributed by atoms with Gasteiger partial charge in [0.1, 0.15) is 0 Å². The van der Waals surface area contributed by atoms with Gasteiger partial charge >= 0.3 is 10.4 Å². The molecule has 0 heterocycles. The quantitative estimate of drug-likeness (QED) is 0.0774. The van der Waals surface area contributed by atoms with E-state index in [1.807, 2.05) is 0 Å². The molecule has 0 fully saturated rings. The molecule has 0 aliphatic carbocycles. The molecule has 0 spiro atoms. The Morgan fingerprint density at radius 2 is 0.618 bits per heavy atom. The van der Waals surface area contributed by atoms with E-state index in [0.29, 0.717) is 0 Å². The molecular formula is C28H62NO4S+. The lowest BCUT2D eigenvalue weighted by atomic mass is 10.0. The summed E-state index contributed by atoms with van der Waals surface area (Å²) in [7, 11) is 0.217. The van der Waals surface area contributed by atoms with Crippen LogP contribution in [0.1, 0.15) is 155 Å². The predicted octanol–water partition coefficient (Wildman–Crippen LogP) is 9.03. The normalized spacial score (nSPS) is 11.9. The summed E-state index contributed by atoms with van der Waals surface area (Å²) in [5.74, 6) is 0. The predicted molar refractivity (Wildman–Crippen MR) is 149 cm³/mol. The van der Waals surface area contributed by atoms with Gasteiger partial charge in [-0.15, -0.1) is 0 Å². The van der Waals surface area contributed by atoms with Gasteiger partial charge < -0.3 is 4.48 Å². The van der Waals surface area contributed by atoms with Crippen LogP contribution in [0, 0.1) is 0 Å². The van der Waals surface area contributed by atoms with E-state index in [4.69, 9.17) is 17.5 Å². The largest absolute Gasteiger partial charge is 0.394 e. The molecule has 34 heavy (non-hydrogen) atoms. The molecule has 208 valence electrons. The first-order valence-electron chi connectivity index (χ1n) is 14.6. The highest BCUT2D eigenvalue weighted by molar-refractivity contribution is 7.79. The van der Waals surface area contributed by atoms with E-state index in [1.54, 1.807) is 0 Å². The third-order valence-corrected chi connectivity index (χ3v) is 6.73. The fourth-order valence-electron chi connectivity index (χ4n) is 4.52. The molecule has 0 unspecified atom stereocenters. The summed E-state index contributed by atoms with van der Waals surface area (Å²) in [6, 6.07) is 0. The first-order valence-corrected chi connectivity index (χ1v) is 16.0. The van der Waals surface area contributed by atoms with E-state index in [9.17, 15) is 0 Å².